The van der Waals surface area contributed by atoms with E-state index in [2.05, 4.69) is 21.2 Å². The summed E-state index contributed by atoms with van der Waals surface area (Å²) in [5.74, 6) is 1.54. The summed E-state index contributed by atoms with van der Waals surface area (Å²) in [5, 5.41) is 21.9. The molecule has 2 aromatic carbocycles. The van der Waals surface area contributed by atoms with Crippen LogP contribution in [0.5, 0.6) is 17.2 Å². The summed E-state index contributed by atoms with van der Waals surface area (Å²) in [7, 11) is 4.64. The number of ether oxygens (including phenoxy) is 3. The van der Waals surface area contributed by atoms with Crippen LogP contribution in [0.25, 0.3) is 0 Å². The molecule has 0 atom stereocenters. The molecule has 3 N–H and O–H groups in total. The third kappa shape index (κ3) is 5.62. The average molecular weight is 468 g/mol. The Morgan fingerprint density at radius 2 is 1.72 bits per heavy atom. The van der Waals surface area contributed by atoms with Gasteiger partial charge in [-0.05, 0) is 51.2 Å². The summed E-state index contributed by atoms with van der Waals surface area (Å²) in [6, 6.07) is 7.21. The molecule has 0 saturated heterocycles. The third-order valence-electron chi connectivity index (χ3n) is 4.54. The van der Waals surface area contributed by atoms with Crippen molar-refractivity contribution in [3.63, 3.8) is 0 Å². The van der Waals surface area contributed by atoms with Gasteiger partial charge in [0.25, 0.3) is 0 Å². The molecule has 2 aromatic rings. The van der Waals surface area contributed by atoms with Gasteiger partial charge in [0.2, 0.25) is 5.91 Å². The Morgan fingerprint density at radius 3 is 2.31 bits per heavy atom. The molecule has 0 saturated carbocycles. The number of carbonyl (C=O) groups excluding carboxylic acids is 1. The first-order valence-electron chi connectivity index (χ1n) is 9.05. The molecule has 1 amide bonds. The van der Waals surface area contributed by atoms with Crippen LogP contribution in [0.4, 0.5) is 0 Å². The number of aliphatic hydroxyl groups is 2. The topological polar surface area (TPSA) is 97.3 Å². The van der Waals surface area contributed by atoms with E-state index in [-0.39, 0.29) is 25.5 Å². The van der Waals surface area contributed by atoms with Crippen LogP contribution in [0, 0.1) is 0 Å². The van der Waals surface area contributed by atoms with Crippen LogP contribution in [-0.4, -0.2) is 44.0 Å². The highest BCUT2D eigenvalue weighted by molar-refractivity contribution is 9.10. The van der Waals surface area contributed by atoms with Gasteiger partial charge in [0.1, 0.15) is 5.75 Å². The molecule has 0 aromatic heterocycles. The SMILES string of the molecule is COc1cc(CC(=O)NCCc2ccc(Br)c(OC)c2OC)cc(CO)c1CO. The number of amides is 1. The normalized spacial score (nSPS) is 10.6. The van der Waals surface area contributed by atoms with E-state index in [0.29, 0.717) is 46.9 Å². The van der Waals surface area contributed by atoms with Gasteiger partial charge in [0.15, 0.2) is 11.5 Å². The first-order valence-corrected chi connectivity index (χ1v) is 9.84. The zero-order valence-electron chi connectivity index (χ0n) is 16.8. The van der Waals surface area contributed by atoms with Gasteiger partial charge >= 0.3 is 0 Å². The minimum absolute atomic E-state index is 0.135. The summed E-state index contributed by atoms with van der Waals surface area (Å²) >= 11 is 3.43. The van der Waals surface area contributed by atoms with Crippen molar-refractivity contribution in [2.45, 2.75) is 26.1 Å². The Kier molecular flexibility index (Phi) is 8.75. The second-order valence-corrected chi connectivity index (χ2v) is 7.16. The van der Waals surface area contributed by atoms with Crippen molar-refractivity contribution in [3.05, 3.63) is 51.0 Å². The zero-order chi connectivity index (χ0) is 21.4. The molecule has 0 unspecified atom stereocenters. The molecular weight excluding hydrogens is 442 g/mol. The minimum atomic E-state index is -0.246. The monoisotopic (exact) mass is 467 g/mol. The molecule has 0 fully saturated rings. The lowest BCUT2D eigenvalue weighted by Crippen LogP contribution is -2.27. The van der Waals surface area contributed by atoms with E-state index in [1.165, 1.54) is 7.11 Å². The number of benzene rings is 2. The smallest absolute Gasteiger partial charge is 0.224 e. The van der Waals surface area contributed by atoms with E-state index in [1.807, 2.05) is 12.1 Å². The Bertz CT molecular complexity index is 830. The number of rotatable bonds is 10. The van der Waals surface area contributed by atoms with Crippen molar-refractivity contribution in [3.8, 4) is 17.2 Å². The molecule has 0 bridgehead atoms. The summed E-state index contributed by atoms with van der Waals surface area (Å²) in [6.07, 6.45) is 0.711. The Balaban J connectivity index is 2.03. The molecule has 0 aliphatic rings. The number of carbonyl (C=O) groups is 1. The average Bonchev–Trinajstić information content (AvgIpc) is 2.73. The van der Waals surface area contributed by atoms with E-state index in [4.69, 9.17) is 14.2 Å². The van der Waals surface area contributed by atoms with Crippen LogP contribution < -0.4 is 19.5 Å². The highest BCUT2D eigenvalue weighted by atomic mass is 79.9. The second-order valence-electron chi connectivity index (χ2n) is 6.30. The quantitative estimate of drug-likeness (QED) is 0.496. The molecule has 0 heterocycles. The highest BCUT2D eigenvalue weighted by Crippen LogP contribution is 2.38. The summed E-state index contributed by atoms with van der Waals surface area (Å²) in [6.45, 7) is -0.0599. The van der Waals surface area contributed by atoms with Crippen molar-refractivity contribution in [2.75, 3.05) is 27.9 Å². The van der Waals surface area contributed by atoms with Crippen molar-refractivity contribution in [1.29, 1.82) is 0 Å². The predicted octanol–water partition coefficient (Wildman–Crippen LogP) is 2.36. The van der Waals surface area contributed by atoms with Gasteiger partial charge < -0.3 is 29.7 Å². The molecule has 8 heteroatoms. The van der Waals surface area contributed by atoms with E-state index in [0.717, 1.165) is 10.0 Å². The molecule has 0 spiro atoms. The fraction of sp³-hybridized carbons (Fsp3) is 0.381. The van der Waals surface area contributed by atoms with Gasteiger partial charge in [-0.1, -0.05) is 12.1 Å². The van der Waals surface area contributed by atoms with Crippen molar-refractivity contribution < 1.29 is 29.2 Å². The third-order valence-corrected chi connectivity index (χ3v) is 5.17. The molecule has 158 valence electrons. The van der Waals surface area contributed by atoms with Gasteiger partial charge in [-0.15, -0.1) is 0 Å². The van der Waals surface area contributed by atoms with Gasteiger partial charge in [-0.25, -0.2) is 0 Å². The molecule has 0 aliphatic carbocycles. The zero-order valence-corrected chi connectivity index (χ0v) is 18.3. The van der Waals surface area contributed by atoms with Crippen LogP contribution in [0.2, 0.25) is 0 Å². The number of halogens is 1. The lowest BCUT2D eigenvalue weighted by molar-refractivity contribution is -0.120. The number of hydrogen-bond donors (Lipinski definition) is 3. The van der Waals surface area contributed by atoms with Gasteiger partial charge in [0.05, 0.1) is 45.4 Å². The highest BCUT2D eigenvalue weighted by Gasteiger charge is 2.15. The molecule has 0 radical (unpaired) electrons. The van der Waals surface area contributed by atoms with Crippen molar-refractivity contribution in [2.24, 2.45) is 0 Å². The van der Waals surface area contributed by atoms with Crippen LogP contribution in [0.3, 0.4) is 0 Å². The first kappa shape index (κ1) is 23.0. The summed E-state index contributed by atoms with van der Waals surface area (Å²) in [5.41, 5.74) is 2.68. The van der Waals surface area contributed by atoms with E-state index >= 15 is 0 Å². The largest absolute Gasteiger partial charge is 0.496 e. The van der Waals surface area contributed by atoms with Gasteiger partial charge in [-0.2, -0.15) is 0 Å². The van der Waals surface area contributed by atoms with E-state index < -0.39 is 0 Å². The second kappa shape index (κ2) is 11.0. The minimum Gasteiger partial charge on any atom is -0.496 e. The Morgan fingerprint density at radius 1 is 1.00 bits per heavy atom. The lowest BCUT2D eigenvalue weighted by atomic mass is 10.0. The molecule has 7 nitrogen and oxygen atoms in total. The lowest BCUT2D eigenvalue weighted by Gasteiger charge is -2.15. The molecule has 2 rings (SSSR count). The van der Waals surface area contributed by atoms with Gasteiger partial charge in [0, 0.05) is 12.1 Å². The predicted molar refractivity (Wildman–Crippen MR) is 113 cm³/mol. The number of nitrogens with one attached hydrogen (secondary N) is 1. The van der Waals surface area contributed by atoms with Gasteiger partial charge in [-0.3, -0.25) is 4.79 Å². The number of aliphatic hydroxyl groups excluding tert-OH is 2. The van der Waals surface area contributed by atoms with Crippen LogP contribution in [0.1, 0.15) is 22.3 Å². The maximum atomic E-state index is 12.4. The molecule has 0 aliphatic heterocycles. The van der Waals surface area contributed by atoms with Crippen LogP contribution in [-0.2, 0) is 30.8 Å². The fourth-order valence-electron chi connectivity index (χ4n) is 3.15. The van der Waals surface area contributed by atoms with Crippen LogP contribution in [0.15, 0.2) is 28.7 Å². The Hall–Kier alpha value is -2.29. The van der Waals surface area contributed by atoms with Crippen molar-refractivity contribution >= 4 is 21.8 Å². The summed E-state index contributed by atoms with van der Waals surface area (Å²) in [4.78, 5) is 12.4. The standard InChI is InChI=1S/C21H26BrNO6/c1-27-18-9-13(8-15(11-24)16(18)12-25)10-19(26)23-7-6-14-4-5-17(22)21(29-3)20(14)28-2/h4-5,8-9,24-25H,6-7,10-12H2,1-3H3,(H,23,26). The summed E-state index contributed by atoms with van der Waals surface area (Å²) < 4.78 is 16.9. The van der Waals surface area contributed by atoms with Crippen molar-refractivity contribution in [1.82, 2.24) is 5.32 Å². The van der Waals surface area contributed by atoms with E-state index in [1.54, 1.807) is 26.4 Å². The maximum absolute atomic E-state index is 12.4. The van der Waals surface area contributed by atoms with Crippen LogP contribution >= 0.6 is 15.9 Å². The number of methoxy groups -OCH3 is 3. The first-order chi connectivity index (χ1) is 14.0. The number of hydrogen-bond acceptors (Lipinski definition) is 6. The Labute approximate surface area is 178 Å². The molecule has 29 heavy (non-hydrogen) atoms. The maximum Gasteiger partial charge on any atom is 0.224 e. The molecular formula is C21H26BrNO6. The van der Waals surface area contributed by atoms with E-state index in [9.17, 15) is 15.0 Å². The fourth-order valence-corrected chi connectivity index (χ4v) is 3.62.